The van der Waals surface area contributed by atoms with Crippen molar-refractivity contribution in [1.82, 2.24) is 4.98 Å². The van der Waals surface area contributed by atoms with Crippen molar-refractivity contribution in [2.75, 3.05) is 7.11 Å². The fourth-order valence-electron chi connectivity index (χ4n) is 1.47. The summed E-state index contributed by atoms with van der Waals surface area (Å²) >= 11 is 0. The summed E-state index contributed by atoms with van der Waals surface area (Å²) in [5, 5.41) is 9.79. The van der Waals surface area contributed by atoms with Gasteiger partial charge in [-0.2, -0.15) is 0 Å². The second-order valence-electron chi connectivity index (χ2n) is 3.18. The lowest BCUT2D eigenvalue weighted by atomic mass is 10.1. The van der Waals surface area contributed by atoms with Crippen molar-refractivity contribution in [3.05, 3.63) is 35.8 Å². The Labute approximate surface area is 90.3 Å². The van der Waals surface area contributed by atoms with Crippen molar-refractivity contribution in [2.24, 2.45) is 0 Å². The van der Waals surface area contributed by atoms with Crippen molar-refractivity contribution in [1.29, 1.82) is 0 Å². The van der Waals surface area contributed by atoms with E-state index in [-0.39, 0.29) is 11.6 Å². The lowest BCUT2D eigenvalue weighted by Gasteiger charge is -2.05. The average molecular weight is 221 g/mol. The molecule has 0 fully saturated rings. The van der Waals surface area contributed by atoms with Gasteiger partial charge < -0.3 is 9.84 Å². The van der Waals surface area contributed by atoms with Gasteiger partial charge in [0.1, 0.15) is 5.82 Å². The summed E-state index contributed by atoms with van der Waals surface area (Å²) in [7, 11) is 1.37. The number of halogens is 1. The van der Waals surface area contributed by atoms with E-state index in [1.807, 2.05) is 0 Å². The maximum Gasteiger partial charge on any atom is 0.355 e. The molecule has 4 nitrogen and oxygen atoms in total. The average Bonchev–Trinajstić information content (AvgIpc) is 2.26. The minimum absolute atomic E-state index is 0.144. The molecular formula is C11H8FNO3. The first-order chi connectivity index (χ1) is 7.61. The monoisotopic (exact) mass is 221 g/mol. The number of ether oxygens (including phenoxy) is 1. The van der Waals surface area contributed by atoms with Crippen LogP contribution in [0, 0.1) is 5.82 Å². The van der Waals surface area contributed by atoms with E-state index in [4.69, 9.17) is 9.84 Å². The number of rotatable bonds is 2. The summed E-state index contributed by atoms with van der Waals surface area (Å²) in [6, 6.07) is 5.32. The number of fused-ring (bicyclic) bond motifs is 1. The molecule has 1 aromatic carbocycles. The maximum absolute atomic E-state index is 13.0. The van der Waals surface area contributed by atoms with Gasteiger partial charge >= 0.3 is 5.97 Å². The Balaban J connectivity index is 2.81. The molecule has 2 aromatic rings. The number of aromatic nitrogens is 1. The van der Waals surface area contributed by atoms with Crippen LogP contribution in [0.3, 0.4) is 0 Å². The molecule has 0 amide bonds. The first-order valence-corrected chi connectivity index (χ1v) is 4.49. The van der Waals surface area contributed by atoms with Crippen molar-refractivity contribution in [3.63, 3.8) is 0 Å². The fraction of sp³-hybridized carbons (Fsp3) is 0.0909. The van der Waals surface area contributed by atoms with Crippen LogP contribution in [0.15, 0.2) is 24.3 Å². The molecule has 0 saturated heterocycles. The van der Waals surface area contributed by atoms with Gasteiger partial charge in [0, 0.05) is 11.5 Å². The van der Waals surface area contributed by atoms with Crippen LogP contribution in [-0.4, -0.2) is 23.2 Å². The normalized spacial score (nSPS) is 10.4. The van der Waals surface area contributed by atoms with E-state index >= 15 is 0 Å². The van der Waals surface area contributed by atoms with Gasteiger partial charge in [-0.25, -0.2) is 14.2 Å². The molecule has 1 N–H and O–H groups in total. The van der Waals surface area contributed by atoms with Gasteiger partial charge in [-0.05, 0) is 23.6 Å². The minimum Gasteiger partial charge on any atom is -0.481 e. The number of carbonyl (C=O) groups is 1. The predicted octanol–water partition coefficient (Wildman–Crippen LogP) is 2.08. The molecule has 0 aliphatic carbocycles. The maximum atomic E-state index is 13.0. The standard InChI is InChI=1S/C11H8FNO3/c1-16-9-5-6-4-7(12)2-3-8(6)10(13-9)11(14)15/h2-5H,1H3,(H,14,15). The molecule has 5 heteroatoms. The zero-order valence-corrected chi connectivity index (χ0v) is 8.40. The molecule has 0 radical (unpaired) electrons. The summed E-state index contributed by atoms with van der Waals surface area (Å²) in [5.41, 5.74) is -0.144. The van der Waals surface area contributed by atoms with Crippen molar-refractivity contribution < 1.29 is 19.0 Å². The zero-order valence-electron chi connectivity index (χ0n) is 8.40. The third-order valence-corrected chi connectivity index (χ3v) is 2.18. The number of hydrogen-bond acceptors (Lipinski definition) is 3. The molecule has 0 saturated carbocycles. The molecule has 2 rings (SSSR count). The van der Waals surface area contributed by atoms with Gasteiger partial charge in [0.05, 0.1) is 7.11 Å². The van der Waals surface area contributed by atoms with E-state index in [1.165, 1.54) is 31.4 Å². The molecule has 0 aliphatic heterocycles. The van der Waals surface area contributed by atoms with E-state index in [0.717, 1.165) is 0 Å². The molecule has 82 valence electrons. The van der Waals surface area contributed by atoms with E-state index in [1.54, 1.807) is 0 Å². The highest BCUT2D eigenvalue weighted by molar-refractivity contribution is 6.02. The van der Waals surface area contributed by atoms with E-state index in [2.05, 4.69) is 4.98 Å². The predicted molar refractivity (Wildman–Crippen MR) is 55.2 cm³/mol. The molecule has 0 bridgehead atoms. The van der Waals surface area contributed by atoms with Gasteiger partial charge in [0.15, 0.2) is 5.69 Å². The smallest absolute Gasteiger partial charge is 0.355 e. The molecule has 0 aliphatic rings. The van der Waals surface area contributed by atoms with Crippen LogP contribution in [0.4, 0.5) is 4.39 Å². The number of pyridine rings is 1. The second kappa shape index (κ2) is 3.77. The molecular weight excluding hydrogens is 213 g/mol. The molecule has 0 unspecified atom stereocenters. The summed E-state index contributed by atoms with van der Waals surface area (Å²) in [6.07, 6.45) is 0. The largest absolute Gasteiger partial charge is 0.481 e. The Morgan fingerprint density at radius 3 is 2.81 bits per heavy atom. The first kappa shape index (κ1) is 10.4. The van der Waals surface area contributed by atoms with Gasteiger partial charge in [0.2, 0.25) is 5.88 Å². The first-order valence-electron chi connectivity index (χ1n) is 4.49. The van der Waals surface area contributed by atoms with Crippen molar-refractivity contribution >= 4 is 16.7 Å². The number of benzene rings is 1. The topological polar surface area (TPSA) is 59.4 Å². The highest BCUT2D eigenvalue weighted by atomic mass is 19.1. The van der Waals surface area contributed by atoms with Crippen LogP contribution in [0.5, 0.6) is 5.88 Å². The number of hydrogen-bond donors (Lipinski definition) is 1. The molecule has 0 atom stereocenters. The van der Waals surface area contributed by atoms with Crippen LogP contribution < -0.4 is 4.74 Å². The molecule has 1 aromatic heterocycles. The van der Waals surface area contributed by atoms with Crippen molar-refractivity contribution in [3.8, 4) is 5.88 Å². The number of nitrogens with zero attached hydrogens (tertiary/aromatic N) is 1. The Bertz CT molecular complexity index is 568. The van der Waals surface area contributed by atoms with Crippen LogP contribution in [0.2, 0.25) is 0 Å². The number of carboxylic acid groups (broad SMARTS) is 1. The van der Waals surface area contributed by atoms with Crippen LogP contribution in [0.1, 0.15) is 10.5 Å². The van der Waals surface area contributed by atoms with Crippen molar-refractivity contribution in [2.45, 2.75) is 0 Å². The van der Waals surface area contributed by atoms with E-state index < -0.39 is 11.8 Å². The Hall–Kier alpha value is -2.17. The summed E-state index contributed by atoms with van der Waals surface area (Å²) in [5.74, 6) is -1.46. The van der Waals surface area contributed by atoms with Gasteiger partial charge in [-0.1, -0.05) is 0 Å². The van der Waals surface area contributed by atoms with Crippen LogP contribution >= 0.6 is 0 Å². The molecule has 1 heterocycles. The molecule has 0 spiro atoms. The van der Waals surface area contributed by atoms with E-state index in [0.29, 0.717) is 10.8 Å². The summed E-state index contributed by atoms with van der Waals surface area (Å²) in [4.78, 5) is 14.8. The highest BCUT2D eigenvalue weighted by Crippen LogP contribution is 2.23. The number of aromatic carboxylic acids is 1. The van der Waals surface area contributed by atoms with Gasteiger partial charge in [-0.15, -0.1) is 0 Å². The summed E-state index contributed by atoms with van der Waals surface area (Å²) in [6.45, 7) is 0. The minimum atomic E-state index is -1.17. The summed E-state index contributed by atoms with van der Waals surface area (Å²) < 4.78 is 17.9. The van der Waals surface area contributed by atoms with Gasteiger partial charge in [0.25, 0.3) is 0 Å². The number of methoxy groups -OCH3 is 1. The van der Waals surface area contributed by atoms with E-state index in [9.17, 15) is 9.18 Å². The fourth-order valence-corrected chi connectivity index (χ4v) is 1.47. The van der Waals surface area contributed by atoms with Gasteiger partial charge in [-0.3, -0.25) is 0 Å². The molecule has 16 heavy (non-hydrogen) atoms. The Morgan fingerprint density at radius 1 is 1.44 bits per heavy atom. The Morgan fingerprint density at radius 2 is 2.19 bits per heavy atom. The second-order valence-corrected chi connectivity index (χ2v) is 3.18. The third kappa shape index (κ3) is 1.67. The number of carboxylic acids is 1. The Kier molecular flexibility index (Phi) is 2.44. The SMILES string of the molecule is COc1cc2cc(F)ccc2c(C(=O)O)n1. The lowest BCUT2D eigenvalue weighted by molar-refractivity contribution is 0.0692. The highest BCUT2D eigenvalue weighted by Gasteiger charge is 2.13. The van der Waals surface area contributed by atoms with Crippen LogP contribution in [-0.2, 0) is 0 Å². The zero-order chi connectivity index (χ0) is 11.7. The quantitative estimate of drug-likeness (QED) is 0.843. The lowest BCUT2D eigenvalue weighted by Crippen LogP contribution is -2.03. The third-order valence-electron chi connectivity index (χ3n) is 2.18. The van der Waals surface area contributed by atoms with Crippen LogP contribution in [0.25, 0.3) is 10.8 Å².